The number of methoxy groups -OCH3 is 1. The zero-order valence-electron chi connectivity index (χ0n) is 15.9. The Labute approximate surface area is 163 Å². The van der Waals surface area contributed by atoms with Crippen LogP contribution in [0.3, 0.4) is 0 Å². The van der Waals surface area contributed by atoms with Crippen molar-refractivity contribution in [2.24, 2.45) is 0 Å². The number of ether oxygens (including phenoxy) is 1. The quantitative estimate of drug-likeness (QED) is 0.603. The van der Waals surface area contributed by atoms with Crippen molar-refractivity contribution in [1.29, 1.82) is 0 Å². The van der Waals surface area contributed by atoms with Gasteiger partial charge in [0.05, 0.1) is 29.6 Å². The molecular formula is C23H23FN2O2. The Bertz CT molecular complexity index is 995. The van der Waals surface area contributed by atoms with E-state index in [9.17, 15) is 9.18 Å². The Kier molecular flexibility index (Phi) is 5.24. The highest BCUT2D eigenvalue weighted by Gasteiger charge is 2.17. The van der Waals surface area contributed by atoms with Crippen LogP contribution in [0, 0.1) is 5.82 Å². The Morgan fingerprint density at radius 2 is 1.82 bits per heavy atom. The molecule has 0 aliphatic heterocycles. The number of esters is 1. The first kappa shape index (κ1) is 18.4. The lowest BCUT2D eigenvalue weighted by molar-refractivity contribution is 0.0601. The van der Waals surface area contributed by atoms with Crippen LogP contribution >= 0.6 is 0 Å². The molecule has 0 radical (unpaired) electrons. The highest BCUT2D eigenvalue weighted by atomic mass is 19.1. The standard InChI is InChI=1S/C23H23FN2O2/c1-28-23(27)16-9-12-20-17(13-16)14-21(25-19-5-3-2-4-6-19)22(26-20)15-7-10-18(24)11-8-15/h7-14,19,25H,2-6H2,1H3. The molecule has 28 heavy (non-hydrogen) atoms. The first-order valence-corrected chi connectivity index (χ1v) is 9.69. The molecule has 1 heterocycles. The Balaban J connectivity index is 1.80. The fraction of sp³-hybridized carbons (Fsp3) is 0.304. The lowest BCUT2D eigenvalue weighted by Gasteiger charge is -2.25. The van der Waals surface area contributed by atoms with Gasteiger partial charge in [0.1, 0.15) is 5.82 Å². The summed E-state index contributed by atoms with van der Waals surface area (Å²) in [5.41, 5.74) is 3.84. The number of pyridine rings is 1. The second-order valence-corrected chi connectivity index (χ2v) is 7.27. The van der Waals surface area contributed by atoms with Gasteiger partial charge in [0.15, 0.2) is 0 Å². The molecule has 1 aromatic heterocycles. The van der Waals surface area contributed by atoms with Crippen molar-refractivity contribution in [1.82, 2.24) is 4.98 Å². The SMILES string of the molecule is COC(=O)c1ccc2nc(-c3ccc(F)cc3)c(NC3CCCCC3)cc2c1. The Hall–Kier alpha value is -2.95. The third kappa shape index (κ3) is 3.84. The third-order valence-corrected chi connectivity index (χ3v) is 5.32. The van der Waals surface area contributed by atoms with Gasteiger partial charge in [-0.05, 0) is 61.4 Å². The summed E-state index contributed by atoms with van der Waals surface area (Å²) in [6.07, 6.45) is 5.97. The number of nitrogens with one attached hydrogen (secondary N) is 1. The normalized spacial score (nSPS) is 14.8. The molecule has 0 atom stereocenters. The zero-order chi connectivity index (χ0) is 19.5. The molecule has 1 aliphatic rings. The molecule has 0 unspecified atom stereocenters. The van der Waals surface area contributed by atoms with Crippen LogP contribution in [0.1, 0.15) is 42.5 Å². The smallest absolute Gasteiger partial charge is 0.337 e. The number of hydrogen-bond acceptors (Lipinski definition) is 4. The molecule has 5 heteroatoms. The van der Waals surface area contributed by atoms with Crippen LogP contribution in [0.5, 0.6) is 0 Å². The van der Waals surface area contributed by atoms with E-state index < -0.39 is 0 Å². The first-order chi connectivity index (χ1) is 13.6. The lowest BCUT2D eigenvalue weighted by atomic mass is 9.95. The number of aromatic nitrogens is 1. The second kappa shape index (κ2) is 7.97. The Morgan fingerprint density at radius 3 is 2.54 bits per heavy atom. The van der Waals surface area contributed by atoms with E-state index in [0.29, 0.717) is 11.6 Å². The average Bonchev–Trinajstić information content (AvgIpc) is 2.73. The van der Waals surface area contributed by atoms with E-state index in [2.05, 4.69) is 5.32 Å². The maximum absolute atomic E-state index is 13.4. The van der Waals surface area contributed by atoms with E-state index in [1.54, 1.807) is 24.3 Å². The van der Waals surface area contributed by atoms with Crippen molar-refractivity contribution in [3.63, 3.8) is 0 Å². The predicted molar refractivity (Wildman–Crippen MR) is 109 cm³/mol. The fourth-order valence-electron chi connectivity index (χ4n) is 3.83. The minimum Gasteiger partial charge on any atom is -0.465 e. The van der Waals surface area contributed by atoms with E-state index in [4.69, 9.17) is 9.72 Å². The number of nitrogens with zero attached hydrogens (tertiary/aromatic N) is 1. The molecule has 0 saturated heterocycles. The summed E-state index contributed by atoms with van der Waals surface area (Å²) in [4.78, 5) is 16.7. The minimum atomic E-state index is -0.369. The van der Waals surface area contributed by atoms with Crippen LogP contribution in [-0.2, 0) is 4.74 Å². The molecule has 1 N–H and O–H groups in total. The van der Waals surface area contributed by atoms with Crippen molar-refractivity contribution in [3.8, 4) is 11.3 Å². The van der Waals surface area contributed by atoms with Crippen molar-refractivity contribution >= 4 is 22.6 Å². The van der Waals surface area contributed by atoms with Gasteiger partial charge in [0.2, 0.25) is 0 Å². The molecular weight excluding hydrogens is 355 g/mol. The zero-order valence-corrected chi connectivity index (χ0v) is 15.9. The molecule has 0 bridgehead atoms. The molecule has 4 rings (SSSR count). The monoisotopic (exact) mass is 378 g/mol. The summed E-state index contributed by atoms with van der Waals surface area (Å²) >= 11 is 0. The van der Waals surface area contributed by atoms with Crippen LogP contribution in [0.4, 0.5) is 10.1 Å². The van der Waals surface area contributed by atoms with E-state index in [0.717, 1.165) is 40.7 Å². The number of anilines is 1. The molecule has 0 amide bonds. The highest BCUT2D eigenvalue weighted by molar-refractivity contribution is 5.96. The molecule has 1 aliphatic carbocycles. The van der Waals surface area contributed by atoms with Crippen LogP contribution in [0.2, 0.25) is 0 Å². The highest BCUT2D eigenvalue weighted by Crippen LogP contribution is 2.32. The number of benzene rings is 2. The van der Waals surface area contributed by atoms with Gasteiger partial charge in [-0.3, -0.25) is 0 Å². The summed E-state index contributed by atoms with van der Waals surface area (Å²) in [5, 5.41) is 4.51. The number of halogens is 1. The molecule has 4 nitrogen and oxygen atoms in total. The van der Waals surface area contributed by atoms with Crippen molar-refractivity contribution in [2.45, 2.75) is 38.1 Å². The van der Waals surface area contributed by atoms with E-state index >= 15 is 0 Å². The predicted octanol–water partition coefficient (Wildman–Crippen LogP) is 5.57. The number of rotatable bonds is 4. The molecule has 1 saturated carbocycles. The third-order valence-electron chi connectivity index (χ3n) is 5.32. The van der Waals surface area contributed by atoms with Gasteiger partial charge in [-0.15, -0.1) is 0 Å². The van der Waals surface area contributed by atoms with Crippen LogP contribution in [0.25, 0.3) is 22.2 Å². The number of carbonyl (C=O) groups is 1. The van der Waals surface area contributed by atoms with Crippen LogP contribution in [-0.4, -0.2) is 24.1 Å². The van der Waals surface area contributed by atoms with Crippen molar-refractivity contribution < 1.29 is 13.9 Å². The topological polar surface area (TPSA) is 51.2 Å². The van der Waals surface area contributed by atoms with Gasteiger partial charge in [-0.25, -0.2) is 14.2 Å². The van der Waals surface area contributed by atoms with Gasteiger partial charge in [-0.2, -0.15) is 0 Å². The number of carbonyl (C=O) groups excluding carboxylic acids is 1. The van der Waals surface area contributed by atoms with Gasteiger partial charge in [0.25, 0.3) is 0 Å². The molecule has 2 aromatic carbocycles. The summed E-state index contributed by atoms with van der Waals surface area (Å²) in [7, 11) is 1.37. The van der Waals surface area contributed by atoms with E-state index in [1.165, 1.54) is 38.5 Å². The summed E-state index contributed by atoms with van der Waals surface area (Å²) in [5.74, 6) is -0.639. The second-order valence-electron chi connectivity index (χ2n) is 7.27. The van der Waals surface area contributed by atoms with Crippen LogP contribution in [0.15, 0.2) is 48.5 Å². The fourth-order valence-corrected chi connectivity index (χ4v) is 3.83. The van der Waals surface area contributed by atoms with Crippen molar-refractivity contribution in [2.75, 3.05) is 12.4 Å². The largest absolute Gasteiger partial charge is 0.465 e. The first-order valence-electron chi connectivity index (χ1n) is 9.69. The van der Waals surface area contributed by atoms with Crippen LogP contribution < -0.4 is 5.32 Å². The maximum atomic E-state index is 13.4. The summed E-state index contributed by atoms with van der Waals surface area (Å²) < 4.78 is 18.2. The Morgan fingerprint density at radius 1 is 1.07 bits per heavy atom. The van der Waals surface area contributed by atoms with Gasteiger partial charge in [-0.1, -0.05) is 19.3 Å². The van der Waals surface area contributed by atoms with Gasteiger partial charge < -0.3 is 10.1 Å². The minimum absolute atomic E-state index is 0.269. The summed E-state index contributed by atoms with van der Waals surface area (Å²) in [6.45, 7) is 0. The van der Waals surface area contributed by atoms with Gasteiger partial charge >= 0.3 is 5.97 Å². The molecule has 3 aromatic rings. The average molecular weight is 378 g/mol. The maximum Gasteiger partial charge on any atom is 0.337 e. The molecule has 0 spiro atoms. The molecule has 144 valence electrons. The lowest BCUT2D eigenvalue weighted by Crippen LogP contribution is -2.22. The van der Waals surface area contributed by atoms with E-state index in [-0.39, 0.29) is 11.8 Å². The summed E-state index contributed by atoms with van der Waals surface area (Å²) in [6, 6.07) is 14.2. The van der Waals surface area contributed by atoms with Gasteiger partial charge in [0, 0.05) is 17.0 Å². The number of fused-ring (bicyclic) bond motifs is 1. The van der Waals surface area contributed by atoms with E-state index in [1.807, 2.05) is 12.1 Å². The van der Waals surface area contributed by atoms with Crippen molar-refractivity contribution in [3.05, 3.63) is 59.9 Å². The number of hydrogen-bond donors (Lipinski definition) is 1. The molecule has 1 fully saturated rings.